The Bertz CT molecular complexity index is 744. The lowest BCUT2D eigenvalue weighted by atomic mass is 10.1. The van der Waals surface area contributed by atoms with Crippen LogP contribution < -0.4 is 10.1 Å². The van der Waals surface area contributed by atoms with Gasteiger partial charge in [-0.15, -0.1) is 0 Å². The van der Waals surface area contributed by atoms with Crippen LogP contribution in [0.25, 0.3) is 0 Å². The zero-order chi connectivity index (χ0) is 18.2. The number of aliphatic hydroxyl groups is 1. The topological polar surface area (TPSA) is 102 Å². The quantitative estimate of drug-likeness (QED) is 0.563. The van der Waals surface area contributed by atoms with Gasteiger partial charge in [-0.2, -0.15) is 0 Å². The van der Waals surface area contributed by atoms with E-state index in [0.29, 0.717) is 24.3 Å². The number of ether oxygens (including phenoxy) is 1. The largest absolute Gasteiger partial charge is 0.496 e. The van der Waals surface area contributed by atoms with Gasteiger partial charge in [-0.25, -0.2) is 0 Å². The molecule has 0 spiro atoms. The maximum atomic E-state index is 11.9. The van der Waals surface area contributed by atoms with Gasteiger partial charge in [-0.05, 0) is 29.7 Å². The predicted octanol–water partition coefficient (Wildman–Crippen LogP) is 2.00. The summed E-state index contributed by atoms with van der Waals surface area (Å²) in [5.74, 6) is 0.484. The van der Waals surface area contributed by atoms with Crippen molar-refractivity contribution in [3.05, 3.63) is 69.3 Å². The highest BCUT2D eigenvalue weighted by molar-refractivity contribution is 5.78. The number of carbonyl (C=O) groups is 1. The summed E-state index contributed by atoms with van der Waals surface area (Å²) in [6.45, 7) is 0.354. The number of carbonyl (C=O) groups excluding carboxylic acids is 1. The third kappa shape index (κ3) is 5.29. The number of rotatable bonds is 8. The number of nitro benzene ring substituents is 1. The van der Waals surface area contributed by atoms with Gasteiger partial charge in [0.25, 0.3) is 5.69 Å². The molecule has 1 amide bonds. The summed E-state index contributed by atoms with van der Waals surface area (Å²) >= 11 is 0. The van der Waals surface area contributed by atoms with E-state index in [-0.39, 0.29) is 24.6 Å². The Morgan fingerprint density at radius 2 is 1.88 bits per heavy atom. The van der Waals surface area contributed by atoms with E-state index in [4.69, 9.17) is 4.74 Å². The van der Waals surface area contributed by atoms with Gasteiger partial charge < -0.3 is 15.2 Å². The molecule has 0 saturated heterocycles. The van der Waals surface area contributed by atoms with E-state index >= 15 is 0 Å². The first-order valence-corrected chi connectivity index (χ1v) is 7.80. The normalized spacial score (nSPS) is 10.3. The van der Waals surface area contributed by atoms with E-state index in [1.54, 1.807) is 25.3 Å². The number of amides is 1. The van der Waals surface area contributed by atoms with Crippen LogP contribution in [0.2, 0.25) is 0 Å². The van der Waals surface area contributed by atoms with Crippen LogP contribution in [0.3, 0.4) is 0 Å². The molecule has 2 N–H and O–H groups in total. The van der Waals surface area contributed by atoms with E-state index < -0.39 is 4.92 Å². The van der Waals surface area contributed by atoms with Crippen molar-refractivity contribution >= 4 is 11.6 Å². The third-order valence-electron chi connectivity index (χ3n) is 3.76. The summed E-state index contributed by atoms with van der Waals surface area (Å²) in [6.07, 6.45) is 0.797. The Morgan fingerprint density at radius 1 is 1.20 bits per heavy atom. The number of non-ortho nitro benzene ring substituents is 1. The van der Waals surface area contributed by atoms with Crippen LogP contribution >= 0.6 is 0 Å². The minimum atomic E-state index is -0.473. The molecule has 0 aliphatic rings. The van der Waals surface area contributed by atoms with E-state index in [0.717, 1.165) is 11.1 Å². The molecule has 0 heterocycles. The number of benzene rings is 2. The van der Waals surface area contributed by atoms with Gasteiger partial charge in [0.1, 0.15) is 5.75 Å². The SMILES string of the molecule is COc1ccc(CCNC(=O)Cc2ccc([N+](=O)[O-])cc2)cc1CO. The van der Waals surface area contributed by atoms with Crippen molar-refractivity contribution in [3.63, 3.8) is 0 Å². The second kappa shape index (κ2) is 8.79. The molecule has 7 nitrogen and oxygen atoms in total. The van der Waals surface area contributed by atoms with Crippen molar-refractivity contribution in [3.8, 4) is 5.75 Å². The van der Waals surface area contributed by atoms with Gasteiger partial charge in [0.15, 0.2) is 0 Å². The number of nitrogens with zero attached hydrogens (tertiary/aromatic N) is 1. The number of methoxy groups -OCH3 is 1. The summed E-state index contributed by atoms with van der Waals surface area (Å²) in [4.78, 5) is 22.1. The summed E-state index contributed by atoms with van der Waals surface area (Å²) in [5, 5.41) is 22.7. The number of hydrogen-bond acceptors (Lipinski definition) is 5. The molecule has 0 aliphatic carbocycles. The first-order valence-electron chi connectivity index (χ1n) is 7.80. The molecule has 2 aromatic carbocycles. The van der Waals surface area contributed by atoms with Crippen molar-refractivity contribution < 1.29 is 19.6 Å². The zero-order valence-electron chi connectivity index (χ0n) is 13.9. The summed E-state index contributed by atoms with van der Waals surface area (Å²) in [5.41, 5.74) is 2.41. The highest BCUT2D eigenvalue weighted by Gasteiger charge is 2.08. The Hall–Kier alpha value is -2.93. The summed E-state index contributed by atoms with van der Waals surface area (Å²) < 4.78 is 5.15. The van der Waals surface area contributed by atoms with Gasteiger partial charge in [0.05, 0.1) is 25.1 Å². The number of hydrogen-bond donors (Lipinski definition) is 2. The van der Waals surface area contributed by atoms with E-state index in [1.165, 1.54) is 12.1 Å². The van der Waals surface area contributed by atoms with Crippen molar-refractivity contribution in [2.75, 3.05) is 13.7 Å². The Morgan fingerprint density at radius 3 is 2.48 bits per heavy atom. The molecule has 0 aromatic heterocycles. The highest BCUT2D eigenvalue weighted by Crippen LogP contribution is 2.20. The Balaban J connectivity index is 1.83. The maximum absolute atomic E-state index is 11.9. The Kier molecular flexibility index (Phi) is 6.47. The van der Waals surface area contributed by atoms with E-state index in [1.807, 2.05) is 12.1 Å². The van der Waals surface area contributed by atoms with Crippen molar-refractivity contribution in [1.82, 2.24) is 5.32 Å². The molecule has 0 fully saturated rings. The lowest BCUT2D eigenvalue weighted by molar-refractivity contribution is -0.384. The fraction of sp³-hybridized carbons (Fsp3) is 0.278. The van der Waals surface area contributed by atoms with Crippen molar-refractivity contribution in [1.29, 1.82) is 0 Å². The molecule has 2 rings (SSSR count). The maximum Gasteiger partial charge on any atom is 0.269 e. The summed E-state index contributed by atoms with van der Waals surface area (Å²) in [7, 11) is 1.55. The van der Waals surface area contributed by atoms with Gasteiger partial charge in [-0.3, -0.25) is 14.9 Å². The molecule has 0 atom stereocenters. The fourth-order valence-electron chi connectivity index (χ4n) is 2.44. The second-order valence-corrected chi connectivity index (χ2v) is 5.50. The number of nitrogens with one attached hydrogen (secondary N) is 1. The van der Waals surface area contributed by atoms with Gasteiger partial charge >= 0.3 is 0 Å². The lowest BCUT2D eigenvalue weighted by Gasteiger charge is -2.09. The molecule has 2 aromatic rings. The minimum absolute atomic E-state index is 0.00310. The highest BCUT2D eigenvalue weighted by atomic mass is 16.6. The number of nitro groups is 1. The van der Waals surface area contributed by atoms with Crippen LogP contribution in [-0.4, -0.2) is 29.6 Å². The first kappa shape index (κ1) is 18.4. The van der Waals surface area contributed by atoms with Gasteiger partial charge in [-0.1, -0.05) is 18.2 Å². The van der Waals surface area contributed by atoms with E-state index in [9.17, 15) is 20.0 Å². The van der Waals surface area contributed by atoms with Crippen LogP contribution in [0, 0.1) is 10.1 Å². The molecular formula is C18H20N2O5. The molecule has 0 saturated carbocycles. The number of aliphatic hydroxyl groups excluding tert-OH is 1. The second-order valence-electron chi connectivity index (χ2n) is 5.50. The van der Waals surface area contributed by atoms with Gasteiger partial charge in [0, 0.05) is 24.2 Å². The molecule has 7 heteroatoms. The zero-order valence-corrected chi connectivity index (χ0v) is 13.9. The predicted molar refractivity (Wildman–Crippen MR) is 92.4 cm³/mol. The molecular weight excluding hydrogens is 324 g/mol. The molecule has 25 heavy (non-hydrogen) atoms. The molecule has 0 aliphatic heterocycles. The van der Waals surface area contributed by atoms with Crippen molar-refractivity contribution in [2.24, 2.45) is 0 Å². The summed E-state index contributed by atoms with van der Waals surface area (Å²) in [6, 6.07) is 11.5. The van der Waals surface area contributed by atoms with Crippen LogP contribution in [-0.2, 0) is 24.2 Å². The van der Waals surface area contributed by atoms with Gasteiger partial charge in [0.2, 0.25) is 5.91 Å². The molecule has 0 unspecified atom stereocenters. The lowest BCUT2D eigenvalue weighted by Crippen LogP contribution is -2.27. The van der Waals surface area contributed by atoms with Crippen LogP contribution in [0.5, 0.6) is 5.75 Å². The average molecular weight is 344 g/mol. The standard InChI is InChI=1S/C18H20N2O5/c1-25-17-7-4-14(10-15(17)12-21)8-9-19-18(22)11-13-2-5-16(6-3-13)20(23)24/h2-7,10,21H,8-9,11-12H2,1H3,(H,19,22). The minimum Gasteiger partial charge on any atom is -0.496 e. The smallest absolute Gasteiger partial charge is 0.269 e. The van der Waals surface area contributed by atoms with Crippen LogP contribution in [0.15, 0.2) is 42.5 Å². The Labute approximate surface area is 145 Å². The monoisotopic (exact) mass is 344 g/mol. The fourth-order valence-corrected chi connectivity index (χ4v) is 2.44. The van der Waals surface area contributed by atoms with Crippen molar-refractivity contribution in [2.45, 2.75) is 19.4 Å². The van der Waals surface area contributed by atoms with E-state index in [2.05, 4.69) is 5.32 Å². The van der Waals surface area contributed by atoms with Crippen LogP contribution in [0.4, 0.5) is 5.69 Å². The molecule has 0 bridgehead atoms. The van der Waals surface area contributed by atoms with Crippen LogP contribution in [0.1, 0.15) is 16.7 Å². The molecule has 0 radical (unpaired) electrons. The first-order chi connectivity index (χ1) is 12.0. The molecule has 132 valence electrons. The average Bonchev–Trinajstić information content (AvgIpc) is 2.62. The third-order valence-corrected chi connectivity index (χ3v) is 3.76.